The molecule has 0 spiro atoms. The Labute approximate surface area is 208 Å². The molecule has 0 radical (unpaired) electrons. The number of fused-ring (bicyclic) bond motifs is 2. The lowest BCUT2D eigenvalue weighted by Crippen LogP contribution is -1.96. The number of nitrogens with zero attached hydrogens (tertiary/aromatic N) is 1. The first-order chi connectivity index (χ1) is 17.8. The Hall–Kier alpha value is -4.82. The molecule has 0 atom stereocenters. The Morgan fingerprint density at radius 2 is 1.19 bits per heavy atom. The summed E-state index contributed by atoms with van der Waals surface area (Å²) in [5.41, 5.74) is 9.36. The van der Waals surface area contributed by atoms with Crippen LogP contribution in [-0.2, 0) is 0 Å². The van der Waals surface area contributed by atoms with E-state index in [9.17, 15) is 0 Å². The van der Waals surface area contributed by atoms with Gasteiger partial charge >= 0.3 is 0 Å². The van der Waals surface area contributed by atoms with Gasteiger partial charge in [0.05, 0.1) is 17.3 Å². The fraction of sp³-hybridized carbons (Fsp3) is 0. The second kappa shape index (κ2) is 7.34. The molecular formula is C34H21NO. The van der Waals surface area contributed by atoms with E-state index >= 15 is 0 Å². The average molecular weight is 460 g/mol. The van der Waals surface area contributed by atoms with Gasteiger partial charge in [0.15, 0.2) is 0 Å². The molecule has 2 heterocycles. The third-order valence-electron chi connectivity index (χ3n) is 7.38. The lowest BCUT2D eigenvalue weighted by atomic mass is 9.98. The third-order valence-corrected chi connectivity index (χ3v) is 7.38. The average Bonchev–Trinajstić information content (AvgIpc) is 3.55. The molecule has 0 fully saturated rings. The fourth-order valence-corrected chi connectivity index (χ4v) is 5.79. The monoisotopic (exact) mass is 459 g/mol. The maximum atomic E-state index is 5.93. The summed E-state index contributed by atoms with van der Waals surface area (Å²) in [6.45, 7) is 0. The van der Waals surface area contributed by atoms with E-state index in [4.69, 9.17) is 4.42 Å². The van der Waals surface area contributed by atoms with Gasteiger partial charge in [0.1, 0.15) is 5.58 Å². The van der Waals surface area contributed by atoms with E-state index in [2.05, 4.69) is 126 Å². The summed E-state index contributed by atoms with van der Waals surface area (Å²) in [6, 6.07) is 43.6. The first-order valence-corrected chi connectivity index (χ1v) is 12.3. The van der Waals surface area contributed by atoms with Crippen LogP contribution >= 0.6 is 0 Å². The molecule has 0 saturated heterocycles. The number of benzene rings is 6. The van der Waals surface area contributed by atoms with E-state index < -0.39 is 0 Å². The van der Waals surface area contributed by atoms with Gasteiger partial charge in [-0.3, -0.25) is 0 Å². The molecule has 2 nitrogen and oxygen atoms in total. The highest BCUT2D eigenvalue weighted by Crippen LogP contribution is 2.43. The zero-order chi connectivity index (χ0) is 23.6. The molecule has 0 N–H and O–H groups in total. The summed E-state index contributed by atoms with van der Waals surface area (Å²) in [4.78, 5) is 0. The molecule has 0 amide bonds. The van der Waals surface area contributed by atoms with E-state index in [0.29, 0.717) is 0 Å². The maximum Gasteiger partial charge on any atom is 0.141 e. The van der Waals surface area contributed by atoms with Crippen LogP contribution in [0.3, 0.4) is 0 Å². The molecule has 0 unspecified atom stereocenters. The molecule has 0 aliphatic carbocycles. The highest BCUT2D eigenvalue weighted by molar-refractivity contribution is 6.29. The van der Waals surface area contributed by atoms with Gasteiger partial charge in [-0.1, -0.05) is 78.9 Å². The van der Waals surface area contributed by atoms with Crippen molar-refractivity contribution in [3.8, 4) is 27.9 Å². The standard InChI is InChI=1S/C34H21NO/c1-3-8-22(9-4-1)26-18-27(23-10-5-2-6-11-23)20-28(19-26)35-30-13-7-12-24-14-15-29-33(32(24)30)31(35)21-25-16-17-36-34(25)29/h1-21H. The number of hydrogen-bond acceptors (Lipinski definition) is 1. The Balaban J connectivity index is 1.53. The van der Waals surface area contributed by atoms with Gasteiger partial charge in [-0.15, -0.1) is 0 Å². The van der Waals surface area contributed by atoms with Crippen LogP contribution < -0.4 is 0 Å². The molecule has 0 saturated carbocycles. The minimum Gasteiger partial charge on any atom is -0.464 e. The summed E-state index contributed by atoms with van der Waals surface area (Å²) in [7, 11) is 0. The first-order valence-electron chi connectivity index (χ1n) is 12.3. The van der Waals surface area contributed by atoms with Crippen molar-refractivity contribution in [1.82, 2.24) is 4.57 Å². The Morgan fingerprint density at radius 1 is 0.472 bits per heavy atom. The normalized spacial score (nSPS) is 11.9. The second-order valence-electron chi connectivity index (χ2n) is 9.43. The van der Waals surface area contributed by atoms with Crippen molar-refractivity contribution in [1.29, 1.82) is 0 Å². The van der Waals surface area contributed by atoms with Crippen LogP contribution in [0.15, 0.2) is 132 Å². The van der Waals surface area contributed by atoms with Gasteiger partial charge < -0.3 is 8.98 Å². The Kier molecular flexibility index (Phi) is 3.97. The molecule has 0 aliphatic rings. The quantitative estimate of drug-likeness (QED) is 0.241. The van der Waals surface area contributed by atoms with Gasteiger partial charge in [-0.25, -0.2) is 0 Å². The SMILES string of the molecule is c1ccc(-c2cc(-c3ccccc3)cc(-n3c4cccc5ccc6c7occc7cc3c6c54)c2)cc1. The second-order valence-corrected chi connectivity index (χ2v) is 9.43. The van der Waals surface area contributed by atoms with Crippen molar-refractivity contribution in [2.75, 3.05) is 0 Å². The Morgan fingerprint density at radius 3 is 1.92 bits per heavy atom. The zero-order valence-corrected chi connectivity index (χ0v) is 19.5. The molecule has 2 heteroatoms. The minimum atomic E-state index is 0.954. The first kappa shape index (κ1) is 19.5. The van der Waals surface area contributed by atoms with Crippen LogP contribution in [0, 0.1) is 0 Å². The molecule has 8 aromatic rings. The van der Waals surface area contributed by atoms with E-state index in [0.717, 1.165) is 22.0 Å². The van der Waals surface area contributed by atoms with Crippen LogP contribution in [0.4, 0.5) is 0 Å². The van der Waals surface area contributed by atoms with Crippen molar-refractivity contribution in [3.05, 3.63) is 128 Å². The van der Waals surface area contributed by atoms with Crippen LogP contribution in [0.5, 0.6) is 0 Å². The zero-order valence-electron chi connectivity index (χ0n) is 19.5. The topological polar surface area (TPSA) is 18.1 Å². The summed E-state index contributed by atoms with van der Waals surface area (Å²) in [5.74, 6) is 0. The molecule has 8 rings (SSSR count). The smallest absolute Gasteiger partial charge is 0.141 e. The fourth-order valence-electron chi connectivity index (χ4n) is 5.79. The van der Waals surface area contributed by atoms with Gasteiger partial charge in [-0.2, -0.15) is 0 Å². The molecular weight excluding hydrogens is 438 g/mol. The third kappa shape index (κ3) is 2.73. The van der Waals surface area contributed by atoms with Crippen molar-refractivity contribution >= 4 is 43.5 Å². The molecule has 6 aromatic carbocycles. The van der Waals surface area contributed by atoms with Gasteiger partial charge in [0.2, 0.25) is 0 Å². The number of aromatic nitrogens is 1. The number of hydrogen-bond donors (Lipinski definition) is 0. The predicted octanol–water partition coefficient (Wildman–Crippen LogP) is 9.45. The lowest BCUT2D eigenvalue weighted by molar-refractivity contribution is 0.619. The van der Waals surface area contributed by atoms with E-state index in [1.807, 2.05) is 0 Å². The van der Waals surface area contributed by atoms with Gasteiger partial charge in [-0.05, 0) is 70.1 Å². The molecule has 36 heavy (non-hydrogen) atoms. The van der Waals surface area contributed by atoms with Gasteiger partial charge in [0.25, 0.3) is 0 Å². The van der Waals surface area contributed by atoms with Crippen molar-refractivity contribution in [3.63, 3.8) is 0 Å². The van der Waals surface area contributed by atoms with E-state index in [1.54, 1.807) is 6.26 Å². The molecule has 2 aromatic heterocycles. The Bertz CT molecular complexity index is 1970. The van der Waals surface area contributed by atoms with Crippen LogP contribution in [0.2, 0.25) is 0 Å². The molecule has 0 bridgehead atoms. The summed E-state index contributed by atoms with van der Waals surface area (Å²) in [5, 5.41) is 6.08. The summed E-state index contributed by atoms with van der Waals surface area (Å²) < 4.78 is 8.36. The molecule has 168 valence electrons. The van der Waals surface area contributed by atoms with Crippen molar-refractivity contribution in [2.45, 2.75) is 0 Å². The van der Waals surface area contributed by atoms with E-state index in [-0.39, 0.29) is 0 Å². The number of furan rings is 1. The van der Waals surface area contributed by atoms with Crippen LogP contribution in [0.1, 0.15) is 0 Å². The maximum absolute atomic E-state index is 5.93. The summed E-state index contributed by atoms with van der Waals surface area (Å²) >= 11 is 0. The number of rotatable bonds is 3. The lowest BCUT2D eigenvalue weighted by Gasteiger charge is -2.14. The van der Waals surface area contributed by atoms with E-state index in [1.165, 1.54) is 49.4 Å². The predicted molar refractivity (Wildman–Crippen MR) is 150 cm³/mol. The van der Waals surface area contributed by atoms with Crippen molar-refractivity contribution in [2.24, 2.45) is 0 Å². The van der Waals surface area contributed by atoms with Gasteiger partial charge in [0, 0.05) is 27.2 Å². The molecule has 0 aliphatic heterocycles. The van der Waals surface area contributed by atoms with Crippen LogP contribution in [0.25, 0.3) is 71.5 Å². The van der Waals surface area contributed by atoms with Crippen molar-refractivity contribution < 1.29 is 4.42 Å². The minimum absolute atomic E-state index is 0.954. The highest BCUT2D eigenvalue weighted by atomic mass is 16.3. The summed E-state index contributed by atoms with van der Waals surface area (Å²) in [6.07, 6.45) is 1.79. The van der Waals surface area contributed by atoms with Crippen LogP contribution in [-0.4, -0.2) is 4.57 Å². The highest BCUT2D eigenvalue weighted by Gasteiger charge is 2.20. The largest absolute Gasteiger partial charge is 0.464 e.